The minimum atomic E-state index is -0.606. The third-order valence-corrected chi connectivity index (χ3v) is 5.80. The van der Waals surface area contributed by atoms with E-state index in [0.717, 1.165) is 9.13 Å². The molecule has 0 aliphatic rings. The Hall–Kier alpha value is -4.54. The van der Waals surface area contributed by atoms with Gasteiger partial charge in [-0.3, -0.25) is 19.2 Å². The van der Waals surface area contributed by atoms with Crippen LogP contribution in [0.3, 0.4) is 0 Å². The van der Waals surface area contributed by atoms with Crippen molar-refractivity contribution in [2.24, 2.45) is 0 Å². The first-order chi connectivity index (χ1) is 17.4. The van der Waals surface area contributed by atoms with E-state index in [0.29, 0.717) is 22.9 Å². The van der Waals surface area contributed by atoms with Gasteiger partial charge in [-0.05, 0) is 60.7 Å². The van der Waals surface area contributed by atoms with Gasteiger partial charge in [-0.15, -0.1) is 0 Å². The van der Waals surface area contributed by atoms with Crippen molar-refractivity contribution in [3.63, 3.8) is 0 Å². The average molecular weight is 488 g/mol. The molecule has 3 aromatic carbocycles. The summed E-state index contributed by atoms with van der Waals surface area (Å²) in [7, 11) is 0. The van der Waals surface area contributed by atoms with Crippen molar-refractivity contribution in [3.8, 4) is 22.9 Å². The smallest absolute Gasteiger partial charge is 0.266 e. The summed E-state index contributed by atoms with van der Waals surface area (Å²) in [6, 6.07) is 15.0. The Morgan fingerprint density at radius 3 is 1.11 bits per heavy atom. The monoisotopic (exact) mass is 488 g/mol. The Labute approximate surface area is 202 Å². The van der Waals surface area contributed by atoms with Gasteiger partial charge in [0.1, 0.15) is 24.7 Å². The van der Waals surface area contributed by atoms with E-state index >= 15 is 0 Å². The summed E-state index contributed by atoms with van der Waals surface area (Å²) in [6.07, 6.45) is 0. The summed E-state index contributed by atoms with van der Waals surface area (Å²) in [5, 5.41) is 17.9. The number of aliphatic hydroxyl groups is 2. The maximum atomic E-state index is 13.1. The molecule has 0 aliphatic heterocycles. The van der Waals surface area contributed by atoms with E-state index in [2.05, 4.69) is 0 Å². The van der Waals surface area contributed by atoms with Crippen molar-refractivity contribution in [1.29, 1.82) is 0 Å². The zero-order chi connectivity index (χ0) is 25.4. The van der Waals surface area contributed by atoms with Gasteiger partial charge in [-0.2, -0.15) is 0 Å². The van der Waals surface area contributed by atoms with E-state index in [-0.39, 0.29) is 48.0 Å². The number of hydrogen-bond donors (Lipinski definition) is 2. The molecule has 0 aliphatic carbocycles. The normalized spacial score (nSPS) is 11.4. The number of benzene rings is 3. The van der Waals surface area contributed by atoms with E-state index in [1.165, 1.54) is 36.4 Å². The van der Waals surface area contributed by atoms with Gasteiger partial charge in [0.05, 0.1) is 46.1 Å². The molecular formula is C26H20N2O8. The Morgan fingerprint density at radius 1 is 0.528 bits per heavy atom. The summed E-state index contributed by atoms with van der Waals surface area (Å²) in [4.78, 5) is 52.5. The minimum absolute atomic E-state index is 0.0371. The molecule has 0 spiro atoms. The third kappa shape index (κ3) is 3.78. The second-order valence-corrected chi connectivity index (χ2v) is 7.97. The minimum Gasteiger partial charge on any atom is -0.491 e. The van der Waals surface area contributed by atoms with Crippen LogP contribution in [0.15, 0.2) is 79.8 Å². The van der Waals surface area contributed by atoms with Gasteiger partial charge in [-0.25, -0.2) is 9.13 Å². The lowest BCUT2D eigenvalue weighted by molar-refractivity contribution is 0.201. The van der Waals surface area contributed by atoms with E-state index in [1.807, 2.05) is 0 Å². The Morgan fingerprint density at radius 2 is 0.833 bits per heavy atom. The van der Waals surface area contributed by atoms with Gasteiger partial charge in [0, 0.05) is 0 Å². The van der Waals surface area contributed by atoms with Crippen molar-refractivity contribution < 1.29 is 19.7 Å². The fourth-order valence-corrected chi connectivity index (χ4v) is 4.15. The molecule has 0 bridgehead atoms. The summed E-state index contributed by atoms with van der Waals surface area (Å²) in [5.74, 6) is 0.931. The highest BCUT2D eigenvalue weighted by molar-refractivity contribution is 5.98. The molecule has 2 N–H and O–H groups in total. The van der Waals surface area contributed by atoms with Gasteiger partial charge < -0.3 is 19.7 Å². The summed E-state index contributed by atoms with van der Waals surface area (Å²) in [6.45, 7) is -0.0780. The number of aromatic nitrogens is 2. The number of fused-ring (bicyclic) bond motifs is 2. The van der Waals surface area contributed by atoms with Crippen LogP contribution in [0.5, 0.6) is 11.5 Å². The number of hydrogen-bond acceptors (Lipinski definition) is 8. The quantitative estimate of drug-likeness (QED) is 0.325. The van der Waals surface area contributed by atoms with Crippen LogP contribution >= 0.6 is 0 Å². The van der Waals surface area contributed by atoms with E-state index in [9.17, 15) is 19.2 Å². The number of aliphatic hydroxyl groups excluding tert-OH is 2. The van der Waals surface area contributed by atoms with E-state index in [4.69, 9.17) is 19.7 Å². The van der Waals surface area contributed by atoms with Gasteiger partial charge in [-0.1, -0.05) is 0 Å². The van der Waals surface area contributed by atoms with E-state index < -0.39 is 22.2 Å². The van der Waals surface area contributed by atoms with E-state index in [1.54, 1.807) is 24.3 Å². The lowest BCUT2D eigenvalue weighted by Gasteiger charge is -2.05. The van der Waals surface area contributed by atoms with Gasteiger partial charge in [0.2, 0.25) is 0 Å². The molecule has 0 amide bonds. The molecule has 0 atom stereocenters. The Balaban J connectivity index is 1.61. The molecule has 5 aromatic rings. The lowest BCUT2D eigenvalue weighted by atomic mass is 10.1. The molecule has 0 fully saturated rings. The van der Waals surface area contributed by atoms with Crippen LogP contribution in [0.1, 0.15) is 0 Å². The zero-order valence-electron chi connectivity index (χ0n) is 18.8. The molecule has 10 heteroatoms. The third-order valence-electron chi connectivity index (χ3n) is 5.80. The molecule has 5 rings (SSSR count). The number of nitrogens with zero attached hydrogens (tertiary/aromatic N) is 2. The van der Waals surface area contributed by atoms with Gasteiger partial charge in [0.25, 0.3) is 22.2 Å². The standard InChI is InChI=1S/C26H20N2O8/c29-9-11-35-17-5-1-15(2-6-17)27-23(31)19-13-21-22(14-20(19)24(27)32)26(34)28(25(21)33)16-3-7-18(8-4-16)36-12-10-30/h1-8,13-14,29-30H,9-12H2. The highest BCUT2D eigenvalue weighted by Crippen LogP contribution is 2.20. The molecule has 0 unspecified atom stereocenters. The van der Waals surface area contributed by atoms with Crippen LogP contribution in [0, 0.1) is 0 Å². The zero-order valence-corrected chi connectivity index (χ0v) is 18.8. The van der Waals surface area contributed by atoms with Crippen molar-refractivity contribution in [2.75, 3.05) is 26.4 Å². The molecule has 182 valence electrons. The number of ether oxygens (including phenoxy) is 2. The molecule has 2 heterocycles. The summed E-state index contributed by atoms with van der Waals surface area (Å²) >= 11 is 0. The number of rotatable bonds is 8. The SMILES string of the molecule is O=c1c2cc3c(=O)n(-c4ccc(OCCO)cc4)c(=O)c3cc2c(=O)n1-c1ccc(OCCO)cc1. The lowest BCUT2D eigenvalue weighted by Crippen LogP contribution is -2.24. The molecule has 2 aromatic heterocycles. The van der Waals surface area contributed by atoms with Crippen molar-refractivity contribution in [1.82, 2.24) is 9.13 Å². The van der Waals surface area contributed by atoms with Crippen LogP contribution in [0.25, 0.3) is 32.9 Å². The predicted molar refractivity (Wildman–Crippen MR) is 133 cm³/mol. The molecule has 0 saturated heterocycles. The molecule has 36 heavy (non-hydrogen) atoms. The highest BCUT2D eigenvalue weighted by atomic mass is 16.5. The van der Waals surface area contributed by atoms with Gasteiger partial charge >= 0.3 is 0 Å². The molecule has 0 radical (unpaired) electrons. The second-order valence-electron chi connectivity index (χ2n) is 7.97. The fraction of sp³-hybridized carbons (Fsp3) is 0.154. The highest BCUT2D eigenvalue weighted by Gasteiger charge is 2.21. The maximum Gasteiger partial charge on any atom is 0.266 e. The van der Waals surface area contributed by atoms with Crippen LogP contribution in [-0.4, -0.2) is 45.8 Å². The average Bonchev–Trinajstić information content (AvgIpc) is 3.29. The van der Waals surface area contributed by atoms with Crippen LogP contribution < -0.4 is 31.7 Å². The van der Waals surface area contributed by atoms with Crippen molar-refractivity contribution >= 4 is 21.5 Å². The largest absolute Gasteiger partial charge is 0.491 e. The molecule has 10 nitrogen and oxygen atoms in total. The first-order valence-electron chi connectivity index (χ1n) is 11.1. The topological polar surface area (TPSA) is 137 Å². The van der Waals surface area contributed by atoms with Gasteiger partial charge in [0.15, 0.2) is 0 Å². The van der Waals surface area contributed by atoms with Crippen LogP contribution in [-0.2, 0) is 0 Å². The van der Waals surface area contributed by atoms with Crippen molar-refractivity contribution in [2.45, 2.75) is 0 Å². The Bertz CT molecular complexity index is 1570. The summed E-state index contributed by atoms with van der Waals surface area (Å²) in [5.41, 5.74) is -1.81. The van der Waals surface area contributed by atoms with Crippen molar-refractivity contribution in [3.05, 3.63) is 102 Å². The van der Waals surface area contributed by atoms with Crippen LogP contribution in [0.2, 0.25) is 0 Å². The molecule has 0 saturated carbocycles. The Kier molecular flexibility index (Phi) is 5.96. The second kappa shape index (κ2) is 9.25. The maximum absolute atomic E-state index is 13.1. The van der Waals surface area contributed by atoms with Crippen LogP contribution in [0.4, 0.5) is 0 Å². The first-order valence-corrected chi connectivity index (χ1v) is 11.1. The fourth-order valence-electron chi connectivity index (χ4n) is 4.15. The molecular weight excluding hydrogens is 468 g/mol. The predicted octanol–water partition coefficient (Wildman–Crippen LogP) is 0.633. The summed E-state index contributed by atoms with van der Waals surface area (Å²) < 4.78 is 12.6. The first kappa shape index (κ1) is 23.2.